The van der Waals surface area contributed by atoms with Gasteiger partial charge in [0, 0.05) is 11.3 Å². The van der Waals surface area contributed by atoms with Crippen LogP contribution in [0.25, 0.3) is 0 Å². The van der Waals surface area contributed by atoms with Crippen molar-refractivity contribution < 1.29 is 9.53 Å². The number of rotatable bonds is 5. The summed E-state index contributed by atoms with van der Waals surface area (Å²) in [7, 11) is 1.64. The van der Waals surface area contributed by atoms with E-state index in [2.05, 4.69) is 32.2 Å². The molecule has 1 aromatic heterocycles. The van der Waals surface area contributed by atoms with Gasteiger partial charge in [-0.25, -0.2) is 0 Å². The molecular formula is C23H28N2O2S. The fourth-order valence-electron chi connectivity index (χ4n) is 3.77. The van der Waals surface area contributed by atoms with Crippen LogP contribution in [0.1, 0.15) is 55.2 Å². The molecule has 1 atom stereocenters. The van der Waals surface area contributed by atoms with Crippen molar-refractivity contribution in [2.45, 2.75) is 52.9 Å². The first-order valence-electron chi connectivity index (χ1n) is 9.79. The zero-order chi connectivity index (χ0) is 20.3. The highest BCUT2D eigenvalue weighted by Crippen LogP contribution is 2.44. The first kappa shape index (κ1) is 20.4. The van der Waals surface area contributed by atoms with Gasteiger partial charge in [-0.2, -0.15) is 5.26 Å². The number of amides is 1. The van der Waals surface area contributed by atoms with E-state index in [1.54, 1.807) is 18.4 Å². The van der Waals surface area contributed by atoms with Crippen LogP contribution >= 0.6 is 11.3 Å². The van der Waals surface area contributed by atoms with Gasteiger partial charge in [-0.15, -0.1) is 11.3 Å². The van der Waals surface area contributed by atoms with Crippen LogP contribution in [0.5, 0.6) is 5.75 Å². The molecule has 1 heterocycles. The Kier molecular flexibility index (Phi) is 6.10. The summed E-state index contributed by atoms with van der Waals surface area (Å²) in [5.74, 6) is 1.38. The number of methoxy groups -OCH3 is 1. The van der Waals surface area contributed by atoms with E-state index in [-0.39, 0.29) is 11.3 Å². The molecule has 0 saturated heterocycles. The summed E-state index contributed by atoms with van der Waals surface area (Å²) in [4.78, 5) is 13.7. The lowest BCUT2D eigenvalue weighted by atomic mass is 9.72. The summed E-state index contributed by atoms with van der Waals surface area (Å²) in [5, 5.41) is 13.4. The molecule has 1 aromatic carbocycles. The second-order valence-electron chi connectivity index (χ2n) is 8.52. The summed E-state index contributed by atoms with van der Waals surface area (Å²) >= 11 is 1.59. The van der Waals surface area contributed by atoms with Gasteiger partial charge in [0.25, 0.3) is 0 Å². The van der Waals surface area contributed by atoms with E-state index in [0.717, 1.165) is 41.1 Å². The Morgan fingerprint density at radius 3 is 2.64 bits per heavy atom. The molecule has 1 unspecified atom stereocenters. The van der Waals surface area contributed by atoms with Gasteiger partial charge >= 0.3 is 0 Å². The average Bonchev–Trinajstić information content (AvgIpc) is 3.02. The molecule has 4 nitrogen and oxygen atoms in total. The van der Waals surface area contributed by atoms with E-state index in [9.17, 15) is 10.1 Å². The van der Waals surface area contributed by atoms with Gasteiger partial charge in [-0.05, 0) is 60.3 Å². The molecule has 0 fully saturated rings. The molecule has 1 aliphatic carbocycles. The lowest BCUT2D eigenvalue weighted by Gasteiger charge is -2.33. The Hall–Kier alpha value is -2.32. The molecule has 0 radical (unpaired) electrons. The predicted molar refractivity (Wildman–Crippen MR) is 114 cm³/mol. The first-order chi connectivity index (χ1) is 13.3. The predicted octanol–water partition coefficient (Wildman–Crippen LogP) is 5.35. The maximum Gasteiger partial charge on any atom is 0.225 e. The number of aryl methyl sites for hydroxylation is 1. The number of carbonyl (C=O) groups is 1. The molecule has 1 aliphatic rings. The SMILES string of the molecule is COc1ccc(CCC(=O)Nc2sc3c(c2C#N)CCC(C(C)(C)C)C3)cc1. The minimum Gasteiger partial charge on any atom is -0.497 e. The van der Waals surface area contributed by atoms with Gasteiger partial charge in [0.15, 0.2) is 0 Å². The molecule has 148 valence electrons. The number of hydrogen-bond donors (Lipinski definition) is 1. The fourth-order valence-corrected chi connectivity index (χ4v) is 5.06. The molecule has 28 heavy (non-hydrogen) atoms. The number of anilines is 1. The quantitative estimate of drug-likeness (QED) is 0.741. The van der Waals surface area contributed by atoms with Crippen molar-refractivity contribution in [2.75, 3.05) is 12.4 Å². The third-order valence-electron chi connectivity index (χ3n) is 5.65. The van der Waals surface area contributed by atoms with E-state index >= 15 is 0 Å². The third kappa shape index (κ3) is 4.56. The van der Waals surface area contributed by atoms with E-state index in [1.165, 1.54) is 4.88 Å². The van der Waals surface area contributed by atoms with Crippen LogP contribution in [0.4, 0.5) is 5.00 Å². The minimum atomic E-state index is -0.0433. The van der Waals surface area contributed by atoms with Crippen LogP contribution in [0.2, 0.25) is 0 Å². The van der Waals surface area contributed by atoms with E-state index in [0.29, 0.717) is 24.3 Å². The number of carbonyl (C=O) groups excluding carboxylic acids is 1. The Labute approximate surface area is 171 Å². The number of benzene rings is 1. The van der Waals surface area contributed by atoms with E-state index in [1.807, 2.05) is 24.3 Å². The van der Waals surface area contributed by atoms with Gasteiger partial charge in [0.05, 0.1) is 12.7 Å². The van der Waals surface area contributed by atoms with Crippen LogP contribution < -0.4 is 10.1 Å². The van der Waals surface area contributed by atoms with Crippen molar-refractivity contribution >= 4 is 22.2 Å². The minimum absolute atomic E-state index is 0.0433. The Bertz CT molecular complexity index is 885. The number of ether oxygens (including phenoxy) is 1. The Balaban J connectivity index is 1.66. The molecule has 2 aromatic rings. The molecule has 0 saturated carbocycles. The largest absolute Gasteiger partial charge is 0.497 e. The number of thiophene rings is 1. The highest BCUT2D eigenvalue weighted by atomic mass is 32.1. The van der Waals surface area contributed by atoms with Gasteiger partial charge in [0.2, 0.25) is 5.91 Å². The van der Waals surface area contributed by atoms with E-state index in [4.69, 9.17) is 4.74 Å². The maximum atomic E-state index is 12.5. The van der Waals surface area contributed by atoms with Gasteiger partial charge in [-0.1, -0.05) is 32.9 Å². The normalized spacial score (nSPS) is 16.2. The van der Waals surface area contributed by atoms with E-state index < -0.39 is 0 Å². The lowest BCUT2D eigenvalue weighted by Crippen LogP contribution is -2.26. The molecule has 5 heteroatoms. The number of nitrogens with one attached hydrogen (secondary N) is 1. The monoisotopic (exact) mass is 396 g/mol. The average molecular weight is 397 g/mol. The van der Waals surface area contributed by atoms with Gasteiger partial charge in [0.1, 0.15) is 16.8 Å². The zero-order valence-corrected chi connectivity index (χ0v) is 17.9. The molecule has 0 aliphatic heterocycles. The summed E-state index contributed by atoms with van der Waals surface area (Å²) in [6, 6.07) is 10.1. The second-order valence-corrected chi connectivity index (χ2v) is 9.63. The van der Waals surface area contributed by atoms with Crippen molar-refractivity contribution in [2.24, 2.45) is 11.3 Å². The standard InChI is InChI=1S/C23H28N2O2S/c1-23(2,3)16-8-11-18-19(14-24)22(28-20(18)13-16)25-21(26)12-7-15-5-9-17(27-4)10-6-15/h5-6,9-10,16H,7-8,11-13H2,1-4H3,(H,25,26). The molecule has 0 bridgehead atoms. The van der Waals surface area contributed by atoms with Crippen molar-refractivity contribution in [1.29, 1.82) is 5.26 Å². The third-order valence-corrected chi connectivity index (χ3v) is 6.82. The molecule has 0 spiro atoms. The van der Waals surface area contributed by atoms with Gasteiger partial charge < -0.3 is 10.1 Å². The number of fused-ring (bicyclic) bond motifs is 1. The van der Waals surface area contributed by atoms with Crippen LogP contribution in [-0.2, 0) is 24.1 Å². The van der Waals surface area contributed by atoms with Crippen molar-refractivity contribution in [3.63, 3.8) is 0 Å². The molecule has 3 rings (SSSR count). The van der Waals surface area contributed by atoms with Crippen LogP contribution in [-0.4, -0.2) is 13.0 Å². The number of nitriles is 1. The molecule has 1 amide bonds. The maximum absolute atomic E-state index is 12.5. The molecular weight excluding hydrogens is 368 g/mol. The summed E-state index contributed by atoms with van der Waals surface area (Å²) in [6.45, 7) is 6.84. The summed E-state index contributed by atoms with van der Waals surface area (Å²) < 4.78 is 5.16. The van der Waals surface area contributed by atoms with Crippen LogP contribution in [0, 0.1) is 22.7 Å². The van der Waals surface area contributed by atoms with Crippen molar-refractivity contribution in [1.82, 2.24) is 0 Å². The van der Waals surface area contributed by atoms with Crippen LogP contribution in [0.15, 0.2) is 24.3 Å². The van der Waals surface area contributed by atoms with Crippen LogP contribution in [0.3, 0.4) is 0 Å². The summed E-state index contributed by atoms with van der Waals surface area (Å²) in [6.07, 6.45) is 4.09. The highest BCUT2D eigenvalue weighted by molar-refractivity contribution is 7.16. The number of nitrogens with zero attached hydrogens (tertiary/aromatic N) is 1. The van der Waals surface area contributed by atoms with Crippen molar-refractivity contribution in [3.05, 3.63) is 45.8 Å². The van der Waals surface area contributed by atoms with Crippen molar-refractivity contribution in [3.8, 4) is 11.8 Å². The zero-order valence-electron chi connectivity index (χ0n) is 17.1. The second kappa shape index (κ2) is 8.36. The first-order valence-corrected chi connectivity index (χ1v) is 10.6. The topological polar surface area (TPSA) is 62.1 Å². The Morgan fingerprint density at radius 2 is 2.04 bits per heavy atom. The smallest absolute Gasteiger partial charge is 0.225 e. The molecule has 1 N–H and O–H groups in total. The van der Waals surface area contributed by atoms with Gasteiger partial charge in [-0.3, -0.25) is 4.79 Å². The summed E-state index contributed by atoms with van der Waals surface area (Å²) in [5.41, 5.74) is 3.18. The highest BCUT2D eigenvalue weighted by Gasteiger charge is 2.32. The fraction of sp³-hybridized carbons (Fsp3) is 0.478. The lowest BCUT2D eigenvalue weighted by molar-refractivity contribution is -0.116. The number of hydrogen-bond acceptors (Lipinski definition) is 4. The Morgan fingerprint density at radius 1 is 1.32 bits per heavy atom.